The Kier molecular flexibility index (Phi) is 2.27. The van der Waals surface area contributed by atoms with Crippen LogP contribution in [0.2, 0.25) is 0 Å². The molecule has 80 valence electrons. The highest BCUT2D eigenvalue weighted by Gasteiger charge is 2.51. The lowest BCUT2D eigenvalue weighted by Gasteiger charge is -2.44. The fourth-order valence-corrected chi connectivity index (χ4v) is 3.26. The van der Waals surface area contributed by atoms with Gasteiger partial charge in [0.1, 0.15) is 0 Å². The summed E-state index contributed by atoms with van der Waals surface area (Å²) < 4.78 is 0.645. The first-order valence-corrected chi connectivity index (χ1v) is 5.27. The Labute approximate surface area is 83.7 Å². The zero-order valence-corrected chi connectivity index (χ0v) is 8.52. The van der Waals surface area contributed by atoms with Crippen LogP contribution in [0.25, 0.3) is 0 Å². The second-order valence-corrected chi connectivity index (χ2v) is 4.91. The van der Waals surface area contributed by atoms with Crippen LogP contribution in [-0.4, -0.2) is 52.4 Å². The summed E-state index contributed by atoms with van der Waals surface area (Å²) in [5.41, 5.74) is 0. The van der Waals surface area contributed by atoms with E-state index in [-0.39, 0.29) is 12.6 Å². The second-order valence-electron chi connectivity index (χ2n) is 4.91. The van der Waals surface area contributed by atoms with Gasteiger partial charge in [0.25, 0.3) is 0 Å². The molecule has 2 unspecified atom stereocenters. The first kappa shape index (κ1) is 9.93. The number of aliphatic hydroxyl groups is 1. The second kappa shape index (κ2) is 3.21. The van der Waals surface area contributed by atoms with Gasteiger partial charge in [-0.25, -0.2) is 4.79 Å². The van der Waals surface area contributed by atoms with E-state index in [2.05, 4.69) is 0 Å². The highest BCUT2D eigenvalue weighted by atomic mass is 16.4. The van der Waals surface area contributed by atoms with Gasteiger partial charge < -0.3 is 14.7 Å². The average molecular weight is 200 g/mol. The van der Waals surface area contributed by atoms with Crippen molar-refractivity contribution in [3.8, 4) is 0 Å². The van der Waals surface area contributed by atoms with Gasteiger partial charge in [-0.3, -0.25) is 0 Å². The van der Waals surface area contributed by atoms with E-state index >= 15 is 0 Å². The SMILES string of the molecule is C[N+]1(CC(=O)O)[C@@H]2CC[C@H]1CC(O)C2. The van der Waals surface area contributed by atoms with Gasteiger partial charge in [0.15, 0.2) is 6.54 Å². The molecule has 4 atom stereocenters. The van der Waals surface area contributed by atoms with Crippen molar-refractivity contribution >= 4 is 5.97 Å². The Morgan fingerprint density at radius 3 is 2.29 bits per heavy atom. The standard InChI is InChI=1S/C10H17NO3/c1-11(6-10(13)14)7-2-3-8(11)5-9(12)4-7/h7-9,12H,2-6H2,1H3/p+1/t7-,8+,9?,11?. The Morgan fingerprint density at radius 1 is 1.36 bits per heavy atom. The number of rotatable bonds is 2. The van der Waals surface area contributed by atoms with Gasteiger partial charge in [0.05, 0.1) is 25.2 Å². The lowest BCUT2D eigenvalue weighted by molar-refractivity contribution is -0.942. The van der Waals surface area contributed by atoms with E-state index in [1.807, 2.05) is 7.05 Å². The van der Waals surface area contributed by atoms with Crippen LogP contribution in [-0.2, 0) is 4.79 Å². The molecule has 4 nitrogen and oxygen atoms in total. The van der Waals surface area contributed by atoms with Crippen LogP contribution in [0.3, 0.4) is 0 Å². The van der Waals surface area contributed by atoms with Gasteiger partial charge in [-0.1, -0.05) is 0 Å². The van der Waals surface area contributed by atoms with E-state index in [9.17, 15) is 9.90 Å². The molecule has 14 heavy (non-hydrogen) atoms. The minimum absolute atomic E-state index is 0.201. The summed E-state index contributed by atoms with van der Waals surface area (Å²) >= 11 is 0. The zero-order chi connectivity index (χ0) is 10.3. The maximum Gasteiger partial charge on any atom is 0.359 e. The number of carboxylic acids is 1. The van der Waals surface area contributed by atoms with Gasteiger partial charge in [-0.2, -0.15) is 0 Å². The monoisotopic (exact) mass is 200 g/mol. The van der Waals surface area contributed by atoms with Crippen LogP contribution in [0, 0.1) is 0 Å². The molecule has 0 aromatic carbocycles. The summed E-state index contributed by atoms with van der Waals surface area (Å²) in [6.07, 6.45) is 3.50. The molecular weight excluding hydrogens is 182 g/mol. The summed E-state index contributed by atoms with van der Waals surface area (Å²) in [4.78, 5) is 10.8. The number of hydrogen-bond acceptors (Lipinski definition) is 2. The molecule has 2 N–H and O–H groups in total. The van der Waals surface area contributed by atoms with Crippen molar-refractivity contribution in [1.82, 2.24) is 0 Å². The maximum atomic E-state index is 10.8. The van der Waals surface area contributed by atoms with Crippen LogP contribution in [0.5, 0.6) is 0 Å². The summed E-state index contributed by atoms with van der Waals surface area (Å²) in [5.74, 6) is -0.721. The Bertz CT molecular complexity index is 240. The number of carboxylic acid groups (broad SMARTS) is 1. The molecule has 0 aromatic heterocycles. The molecule has 4 heteroatoms. The molecule has 0 amide bonds. The normalized spacial score (nSPS) is 46.6. The smallest absolute Gasteiger partial charge is 0.359 e. The molecule has 2 aliphatic heterocycles. The molecular formula is C10H18NO3+. The van der Waals surface area contributed by atoms with E-state index in [0.717, 1.165) is 25.7 Å². The fraction of sp³-hybridized carbons (Fsp3) is 0.900. The van der Waals surface area contributed by atoms with Gasteiger partial charge in [-0.05, 0) is 0 Å². The van der Waals surface area contributed by atoms with Crippen molar-refractivity contribution in [1.29, 1.82) is 0 Å². The summed E-state index contributed by atoms with van der Waals surface area (Å²) in [5, 5.41) is 18.5. The number of nitrogens with zero attached hydrogens (tertiary/aromatic N) is 1. The Balaban J connectivity index is 2.16. The number of piperidine rings is 1. The molecule has 0 radical (unpaired) electrons. The van der Waals surface area contributed by atoms with Crippen molar-refractivity contribution in [3.05, 3.63) is 0 Å². The van der Waals surface area contributed by atoms with Crippen LogP contribution >= 0.6 is 0 Å². The Morgan fingerprint density at radius 2 is 1.86 bits per heavy atom. The predicted octanol–water partition coefficient (Wildman–Crippen LogP) is 0.203. The fourth-order valence-electron chi connectivity index (χ4n) is 3.26. The number of fused-ring (bicyclic) bond motifs is 2. The molecule has 2 fully saturated rings. The van der Waals surface area contributed by atoms with E-state index in [4.69, 9.17) is 5.11 Å². The predicted molar refractivity (Wildman–Crippen MR) is 50.7 cm³/mol. The molecule has 0 saturated carbocycles. The first-order chi connectivity index (χ1) is 6.52. The topological polar surface area (TPSA) is 57.5 Å². The molecule has 2 heterocycles. The van der Waals surface area contributed by atoms with Crippen molar-refractivity contribution in [3.63, 3.8) is 0 Å². The molecule has 2 rings (SSSR count). The third-order valence-electron chi connectivity index (χ3n) is 4.07. The number of aliphatic carboxylic acids is 1. The largest absolute Gasteiger partial charge is 0.477 e. The number of aliphatic hydroxyl groups excluding tert-OH is 1. The average Bonchev–Trinajstić information content (AvgIpc) is 2.30. The number of quaternary nitrogens is 1. The van der Waals surface area contributed by atoms with Crippen LogP contribution < -0.4 is 0 Å². The van der Waals surface area contributed by atoms with Crippen molar-refractivity contribution in [2.45, 2.75) is 43.9 Å². The maximum absolute atomic E-state index is 10.8. The highest BCUT2D eigenvalue weighted by molar-refractivity contribution is 5.68. The van der Waals surface area contributed by atoms with Crippen LogP contribution in [0.4, 0.5) is 0 Å². The lowest BCUT2D eigenvalue weighted by Crippen LogP contribution is -2.60. The minimum atomic E-state index is -0.721. The molecule has 0 aliphatic carbocycles. The molecule has 2 bridgehead atoms. The van der Waals surface area contributed by atoms with E-state index < -0.39 is 5.97 Å². The number of carbonyl (C=O) groups is 1. The van der Waals surface area contributed by atoms with Crippen molar-refractivity contribution in [2.24, 2.45) is 0 Å². The summed E-state index contributed by atoms with van der Waals surface area (Å²) in [7, 11) is 2.03. The van der Waals surface area contributed by atoms with Crippen molar-refractivity contribution in [2.75, 3.05) is 13.6 Å². The molecule has 0 spiro atoms. The summed E-state index contributed by atoms with van der Waals surface area (Å²) in [6.45, 7) is 0.210. The third-order valence-corrected chi connectivity index (χ3v) is 4.07. The van der Waals surface area contributed by atoms with E-state index in [1.54, 1.807) is 0 Å². The van der Waals surface area contributed by atoms with E-state index in [1.165, 1.54) is 0 Å². The van der Waals surface area contributed by atoms with Gasteiger partial charge in [-0.15, -0.1) is 0 Å². The lowest BCUT2D eigenvalue weighted by atomic mass is 9.97. The minimum Gasteiger partial charge on any atom is -0.477 e. The number of hydrogen-bond donors (Lipinski definition) is 2. The first-order valence-electron chi connectivity index (χ1n) is 5.27. The van der Waals surface area contributed by atoms with Gasteiger partial charge in [0.2, 0.25) is 0 Å². The van der Waals surface area contributed by atoms with Crippen LogP contribution in [0.1, 0.15) is 25.7 Å². The highest BCUT2D eigenvalue weighted by Crippen LogP contribution is 2.40. The quantitative estimate of drug-likeness (QED) is 0.626. The number of likely N-dealkylation sites (N-methyl/N-ethyl adjacent to an activating group) is 1. The molecule has 2 aliphatic rings. The Hall–Kier alpha value is -0.610. The van der Waals surface area contributed by atoms with Gasteiger partial charge >= 0.3 is 5.97 Å². The van der Waals surface area contributed by atoms with Gasteiger partial charge in [0, 0.05) is 25.7 Å². The zero-order valence-electron chi connectivity index (χ0n) is 8.52. The van der Waals surface area contributed by atoms with E-state index in [0.29, 0.717) is 16.6 Å². The summed E-state index contributed by atoms with van der Waals surface area (Å²) in [6, 6.07) is 0.722. The molecule has 2 saturated heterocycles. The molecule has 0 aromatic rings. The van der Waals surface area contributed by atoms with Crippen LogP contribution in [0.15, 0.2) is 0 Å². The van der Waals surface area contributed by atoms with Crippen molar-refractivity contribution < 1.29 is 19.5 Å². The third kappa shape index (κ3) is 1.42.